The molecule has 0 aliphatic heterocycles. The van der Waals surface area contributed by atoms with Crippen molar-refractivity contribution in [1.29, 1.82) is 0 Å². The Morgan fingerprint density at radius 2 is 2.21 bits per heavy atom. The molecule has 0 saturated heterocycles. The third-order valence-corrected chi connectivity index (χ3v) is 4.65. The maximum absolute atomic E-state index is 11.7. The molecule has 0 radical (unpaired) electrons. The number of imidazole rings is 1. The van der Waals surface area contributed by atoms with Crippen LogP contribution in [0, 0.1) is 17.8 Å². The summed E-state index contributed by atoms with van der Waals surface area (Å²) in [5, 5.41) is 9.18. The van der Waals surface area contributed by atoms with E-state index in [1.807, 2.05) is 4.57 Å². The van der Waals surface area contributed by atoms with Crippen molar-refractivity contribution in [1.82, 2.24) is 19.5 Å². The number of aliphatic hydroxyl groups is 1. The molecule has 0 amide bonds. The number of aromatic nitrogens is 4. The lowest BCUT2D eigenvalue weighted by molar-refractivity contribution is 0.248. The Morgan fingerprint density at radius 1 is 1.47 bits per heavy atom. The van der Waals surface area contributed by atoms with E-state index in [4.69, 9.17) is 5.73 Å². The predicted octanol–water partition coefficient (Wildman–Crippen LogP) is -0.109. The fraction of sp³-hybridized carbons (Fsp3) is 0.583. The molecule has 2 aromatic heterocycles. The van der Waals surface area contributed by atoms with Crippen LogP contribution >= 0.6 is 0 Å². The van der Waals surface area contributed by atoms with Gasteiger partial charge in [-0.25, -0.2) is 4.98 Å². The van der Waals surface area contributed by atoms with Crippen molar-refractivity contribution in [3.05, 3.63) is 16.7 Å². The van der Waals surface area contributed by atoms with E-state index < -0.39 is 0 Å². The molecule has 7 heteroatoms. The van der Waals surface area contributed by atoms with E-state index in [2.05, 4.69) is 15.0 Å². The molecule has 0 spiro atoms. The minimum Gasteiger partial charge on any atom is -0.396 e. The summed E-state index contributed by atoms with van der Waals surface area (Å²) >= 11 is 0. The Bertz CT molecular complexity index is 694. The number of nitrogen functional groups attached to an aromatic ring is 1. The zero-order valence-corrected chi connectivity index (χ0v) is 10.3. The molecule has 19 heavy (non-hydrogen) atoms. The minimum atomic E-state index is -0.294. The largest absolute Gasteiger partial charge is 0.396 e. The van der Waals surface area contributed by atoms with E-state index in [0.29, 0.717) is 35.0 Å². The molecule has 2 saturated carbocycles. The van der Waals surface area contributed by atoms with Crippen LogP contribution in [-0.2, 0) is 0 Å². The van der Waals surface area contributed by atoms with E-state index in [1.54, 1.807) is 6.33 Å². The summed E-state index contributed by atoms with van der Waals surface area (Å²) in [4.78, 5) is 22.5. The van der Waals surface area contributed by atoms with Gasteiger partial charge in [-0.2, -0.15) is 4.98 Å². The highest BCUT2D eigenvalue weighted by Crippen LogP contribution is 2.60. The van der Waals surface area contributed by atoms with Crippen molar-refractivity contribution >= 4 is 17.1 Å². The van der Waals surface area contributed by atoms with Crippen LogP contribution in [0.25, 0.3) is 11.2 Å². The van der Waals surface area contributed by atoms with Gasteiger partial charge in [0.25, 0.3) is 5.56 Å². The first kappa shape index (κ1) is 11.0. The quantitative estimate of drug-likeness (QED) is 0.698. The van der Waals surface area contributed by atoms with Gasteiger partial charge >= 0.3 is 0 Å². The highest BCUT2D eigenvalue weighted by Gasteiger charge is 2.55. The molecule has 2 aliphatic carbocycles. The maximum Gasteiger partial charge on any atom is 0.280 e. The Labute approximate surface area is 108 Å². The third-order valence-electron chi connectivity index (χ3n) is 4.65. The normalized spacial score (nSPS) is 32.7. The van der Waals surface area contributed by atoms with Crippen LogP contribution in [0.15, 0.2) is 11.1 Å². The molecular weight excluding hydrogens is 246 g/mol. The molecule has 4 atom stereocenters. The molecule has 2 unspecified atom stereocenters. The molecule has 7 nitrogen and oxygen atoms in total. The van der Waals surface area contributed by atoms with E-state index in [1.165, 1.54) is 0 Å². The van der Waals surface area contributed by atoms with Crippen LogP contribution in [0.1, 0.15) is 18.9 Å². The lowest BCUT2D eigenvalue weighted by Crippen LogP contribution is -2.14. The number of anilines is 1. The molecule has 100 valence electrons. The van der Waals surface area contributed by atoms with E-state index >= 15 is 0 Å². The van der Waals surface area contributed by atoms with Crippen molar-refractivity contribution in [2.24, 2.45) is 17.8 Å². The number of hydrogen-bond donors (Lipinski definition) is 3. The molecule has 4 N–H and O–H groups in total. The molecule has 0 aromatic carbocycles. The average molecular weight is 261 g/mol. The lowest BCUT2D eigenvalue weighted by Gasteiger charge is -2.15. The van der Waals surface area contributed by atoms with Crippen LogP contribution in [0.2, 0.25) is 0 Å². The molecule has 0 bridgehead atoms. The lowest BCUT2D eigenvalue weighted by atomic mass is 10.1. The summed E-state index contributed by atoms with van der Waals surface area (Å²) in [5.74, 6) is 1.83. The van der Waals surface area contributed by atoms with Crippen molar-refractivity contribution in [3.8, 4) is 0 Å². The van der Waals surface area contributed by atoms with Crippen LogP contribution in [0.4, 0.5) is 5.95 Å². The van der Waals surface area contributed by atoms with Gasteiger partial charge in [-0.1, -0.05) is 0 Å². The minimum absolute atomic E-state index is 0.121. The van der Waals surface area contributed by atoms with E-state index in [0.717, 1.165) is 12.8 Å². The summed E-state index contributed by atoms with van der Waals surface area (Å²) in [5.41, 5.74) is 6.20. The number of nitrogens with one attached hydrogen (secondary N) is 1. The van der Waals surface area contributed by atoms with Crippen LogP contribution in [-0.4, -0.2) is 31.2 Å². The zero-order valence-electron chi connectivity index (χ0n) is 10.3. The number of H-pyrrole nitrogens is 1. The zero-order chi connectivity index (χ0) is 13.1. The number of nitrogens with zero attached hydrogens (tertiary/aromatic N) is 3. The van der Waals surface area contributed by atoms with Gasteiger partial charge in [0.15, 0.2) is 11.2 Å². The van der Waals surface area contributed by atoms with Crippen molar-refractivity contribution < 1.29 is 5.11 Å². The van der Waals surface area contributed by atoms with Gasteiger partial charge in [-0.05, 0) is 30.6 Å². The topological polar surface area (TPSA) is 110 Å². The van der Waals surface area contributed by atoms with Crippen molar-refractivity contribution in [2.45, 2.75) is 18.9 Å². The SMILES string of the molecule is Nc1nc2c(ncn2C2C[C@@H]3C(CO)[C@@H]3C2)c(=O)[nH]1. The number of aliphatic hydroxyl groups excluding tert-OH is 1. The number of rotatable bonds is 2. The second kappa shape index (κ2) is 3.57. The molecule has 4 rings (SSSR count). The first-order chi connectivity index (χ1) is 9.19. The highest BCUT2D eigenvalue weighted by atomic mass is 16.3. The molecule has 2 heterocycles. The molecule has 2 aliphatic rings. The summed E-state index contributed by atoms with van der Waals surface area (Å²) < 4.78 is 1.96. The summed E-state index contributed by atoms with van der Waals surface area (Å²) in [6, 6.07) is 0.316. The predicted molar refractivity (Wildman–Crippen MR) is 68.4 cm³/mol. The number of hydrogen-bond acceptors (Lipinski definition) is 5. The highest BCUT2D eigenvalue weighted by molar-refractivity contribution is 5.70. The van der Waals surface area contributed by atoms with Crippen molar-refractivity contribution in [2.75, 3.05) is 12.3 Å². The third kappa shape index (κ3) is 1.45. The second-order valence-corrected chi connectivity index (χ2v) is 5.57. The molecule has 2 fully saturated rings. The number of nitrogens with two attached hydrogens (primary N) is 1. The second-order valence-electron chi connectivity index (χ2n) is 5.57. The molecule has 2 aromatic rings. The number of aromatic amines is 1. The van der Waals surface area contributed by atoms with Gasteiger partial charge < -0.3 is 15.4 Å². The Kier molecular flexibility index (Phi) is 2.06. The number of fused-ring (bicyclic) bond motifs is 2. The van der Waals surface area contributed by atoms with Gasteiger partial charge in [0, 0.05) is 12.6 Å². The fourth-order valence-corrected chi connectivity index (χ4v) is 3.66. The Hall–Kier alpha value is -1.89. The molecular formula is C12H15N5O2. The fourth-order valence-electron chi connectivity index (χ4n) is 3.66. The van der Waals surface area contributed by atoms with Gasteiger partial charge in [-0.15, -0.1) is 0 Å². The van der Waals surface area contributed by atoms with Crippen LogP contribution in [0.5, 0.6) is 0 Å². The van der Waals surface area contributed by atoms with Gasteiger partial charge in [-0.3, -0.25) is 9.78 Å². The average Bonchev–Trinajstić information content (AvgIpc) is 2.78. The van der Waals surface area contributed by atoms with Gasteiger partial charge in [0.2, 0.25) is 5.95 Å². The van der Waals surface area contributed by atoms with Crippen LogP contribution < -0.4 is 11.3 Å². The maximum atomic E-state index is 11.7. The monoisotopic (exact) mass is 261 g/mol. The summed E-state index contributed by atoms with van der Waals surface area (Å²) in [6.45, 7) is 0.289. The first-order valence-corrected chi connectivity index (χ1v) is 6.52. The van der Waals surface area contributed by atoms with Crippen molar-refractivity contribution in [3.63, 3.8) is 0 Å². The van der Waals surface area contributed by atoms with Gasteiger partial charge in [0.1, 0.15) is 0 Å². The van der Waals surface area contributed by atoms with E-state index in [9.17, 15) is 9.90 Å². The first-order valence-electron chi connectivity index (χ1n) is 6.52. The Morgan fingerprint density at radius 3 is 2.89 bits per heavy atom. The summed E-state index contributed by atoms with van der Waals surface area (Å²) in [7, 11) is 0. The summed E-state index contributed by atoms with van der Waals surface area (Å²) in [6.07, 6.45) is 3.72. The van der Waals surface area contributed by atoms with Gasteiger partial charge in [0.05, 0.1) is 6.33 Å². The Balaban J connectivity index is 1.72. The van der Waals surface area contributed by atoms with E-state index in [-0.39, 0.29) is 18.1 Å². The standard InChI is InChI=1S/C12H15N5O2/c13-12-15-10-9(11(19)16-12)14-4-17(10)5-1-6-7(2-5)8(6)3-18/h4-8,18H,1-3H2,(H3,13,15,16,19)/t5?,6-,7+,8?. The van der Waals surface area contributed by atoms with Crippen LogP contribution in [0.3, 0.4) is 0 Å². The smallest absolute Gasteiger partial charge is 0.280 e.